The molecule has 1 aromatic rings. The minimum Gasteiger partial charge on any atom is -0.466 e. The van der Waals surface area contributed by atoms with Gasteiger partial charge in [0.05, 0.1) is 18.6 Å². The van der Waals surface area contributed by atoms with Gasteiger partial charge in [0.25, 0.3) is 0 Å². The van der Waals surface area contributed by atoms with Gasteiger partial charge in [-0.15, -0.1) is 0 Å². The zero-order valence-electron chi connectivity index (χ0n) is 13.1. The highest BCUT2D eigenvalue weighted by molar-refractivity contribution is 6.30. The fourth-order valence-electron chi connectivity index (χ4n) is 2.55. The lowest BCUT2D eigenvalue weighted by Crippen LogP contribution is -2.27. The Balaban J connectivity index is 2.74. The first-order valence-corrected chi connectivity index (χ1v) is 7.43. The maximum atomic E-state index is 12.4. The molecule has 0 bridgehead atoms. The second kappa shape index (κ2) is 6.76. The number of nitrogens with zero attached hydrogens (tertiary/aromatic N) is 1. The summed E-state index contributed by atoms with van der Waals surface area (Å²) in [5, 5.41) is 9.98. The first-order chi connectivity index (χ1) is 10.9. The van der Waals surface area contributed by atoms with Crippen molar-refractivity contribution in [3.05, 3.63) is 57.6 Å². The van der Waals surface area contributed by atoms with E-state index >= 15 is 0 Å². The number of carbonyl (C=O) groups is 1. The number of carbonyl (C=O) groups excluding carboxylic acids is 1. The molecule has 6 heteroatoms. The molecule has 2 N–H and O–H groups in total. The Morgan fingerprint density at radius 1 is 1.48 bits per heavy atom. The fourth-order valence-corrected chi connectivity index (χ4v) is 2.75. The Hall–Kier alpha value is -2.45. The summed E-state index contributed by atoms with van der Waals surface area (Å²) in [6.07, 6.45) is 0. The summed E-state index contributed by atoms with van der Waals surface area (Å²) in [4.78, 5) is 12.4. The third-order valence-electron chi connectivity index (χ3n) is 3.56. The Bertz CT molecular complexity index is 744. The number of allylic oxidation sites excluding steroid dienone is 2. The third-order valence-corrected chi connectivity index (χ3v) is 3.80. The zero-order chi connectivity index (χ0) is 17.1. The lowest BCUT2D eigenvalue weighted by atomic mass is 9.81. The predicted molar refractivity (Wildman–Crippen MR) is 86.0 cm³/mol. The van der Waals surface area contributed by atoms with Crippen LogP contribution in [-0.4, -0.2) is 13.1 Å². The summed E-state index contributed by atoms with van der Waals surface area (Å²) in [6.45, 7) is 3.75. The van der Waals surface area contributed by atoms with Crippen molar-refractivity contribution in [1.82, 2.24) is 0 Å². The van der Waals surface area contributed by atoms with Crippen molar-refractivity contribution in [2.24, 2.45) is 11.7 Å². The molecule has 0 fully saturated rings. The van der Waals surface area contributed by atoms with Gasteiger partial charge in [-0.3, -0.25) is 0 Å². The molecule has 1 aliphatic heterocycles. The lowest BCUT2D eigenvalue weighted by molar-refractivity contribution is -0.136. The molecule has 120 valence electrons. The van der Waals surface area contributed by atoms with Gasteiger partial charge >= 0.3 is 5.97 Å². The number of nitriles is 1. The van der Waals surface area contributed by atoms with E-state index in [1.165, 1.54) is 7.11 Å². The molecular formula is C17H17ClN2O3. The molecule has 0 amide bonds. The number of ether oxygens (including phenoxy) is 2. The van der Waals surface area contributed by atoms with E-state index in [4.69, 9.17) is 26.8 Å². The van der Waals surface area contributed by atoms with Crippen LogP contribution in [0.3, 0.4) is 0 Å². The average molecular weight is 333 g/mol. The lowest BCUT2D eigenvalue weighted by Gasteiger charge is -2.29. The van der Waals surface area contributed by atoms with Crippen LogP contribution in [-0.2, 0) is 14.3 Å². The van der Waals surface area contributed by atoms with Crippen LogP contribution in [0, 0.1) is 17.2 Å². The van der Waals surface area contributed by atoms with Gasteiger partial charge in [0.1, 0.15) is 17.4 Å². The molecule has 23 heavy (non-hydrogen) atoms. The van der Waals surface area contributed by atoms with Crippen LogP contribution in [0.1, 0.15) is 25.3 Å². The Kier molecular flexibility index (Phi) is 4.97. The Morgan fingerprint density at radius 3 is 2.70 bits per heavy atom. The van der Waals surface area contributed by atoms with Crippen LogP contribution in [0.15, 0.2) is 47.1 Å². The van der Waals surface area contributed by atoms with E-state index in [-0.39, 0.29) is 22.9 Å². The SMILES string of the molecule is COC(=O)C1=C(C(C)C)OC(N)=C(C#N)C1c1cccc(Cl)c1. The molecule has 1 atom stereocenters. The highest BCUT2D eigenvalue weighted by Gasteiger charge is 2.38. The fraction of sp³-hybridized carbons (Fsp3) is 0.294. The van der Waals surface area contributed by atoms with E-state index in [0.717, 1.165) is 0 Å². The van der Waals surface area contributed by atoms with Gasteiger partial charge in [0.15, 0.2) is 0 Å². The topological polar surface area (TPSA) is 85.3 Å². The quantitative estimate of drug-likeness (QED) is 0.859. The number of rotatable bonds is 3. The number of methoxy groups -OCH3 is 1. The van der Waals surface area contributed by atoms with Crippen molar-refractivity contribution in [2.75, 3.05) is 7.11 Å². The number of hydrogen-bond donors (Lipinski definition) is 1. The van der Waals surface area contributed by atoms with Crippen molar-refractivity contribution in [3.8, 4) is 6.07 Å². The van der Waals surface area contributed by atoms with E-state index < -0.39 is 11.9 Å². The van der Waals surface area contributed by atoms with Gasteiger partial charge in [-0.05, 0) is 17.7 Å². The third kappa shape index (κ3) is 3.17. The summed E-state index contributed by atoms with van der Waals surface area (Å²) < 4.78 is 10.4. The molecule has 0 radical (unpaired) electrons. The molecular weight excluding hydrogens is 316 g/mol. The molecule has 5 nitrogen and oxygen atoms in total. The molecule has 2 rings (SSSR count). The normalized spacial score (nSPS) is 17.8. The number of benzene rings is 1. The molecule has 1 aromatic carbocycles. The molecule has 1 unspecified atom stereocenters. The monoisotopic (exact) mass is 332 g/mol. The summed E-state index contributed by atoms with van der Waals surface area (Å²) >= 11 is 6.06. The van der Waals surface area contributed by atoms with Crippen LogP contribution in [0.4, 0.5) is 0 Å². The largest absolute Gasteiger partial charge is 0.466 e. The smallest absolute Gasteiger partial charge is 0.338 e. The molecule has 1 aliphatic rings. The van der Waals surface area contributed by atoms with E-state index in [9.17, 15) is 10.1 Å². The number of hydrogen-bond acceptors (Lipinski definition) is 5. The summed E-state index contributed by atoms with van der Waals surface area (Å²) in [6, 6.07) is 8.99. The van der Waals surface area contributed by atoms with Gasteiger partial charge in [0.2, 0.25) is 5.88 Å². The van der Waals surface area contributed by atoms with Gasteiger partial charge < -0.3 is 15.2 Å². The molecule has 1 heterocycles. The Labute approximate surface area is 139 Å². The second-order valence-electron chi connectivity index (χ2n) is 5.40. The first-order valence-electron chi connectivity index (χ1n) is 7.06. The molecule has 0 aromatic heterocycles. The highest BCUT2D eigenvalue weighted by atomic mass is 35.5. The predicted octanol–water partition coefficient (Wildman–Crippen LogP) is 3.23. The van der Waals surface area contributed by atoms with E-state index in [0.29, 0.717) is 16.3 Å². The zero-order valence-corrected chi connectivity index (χ0v) is 13.8. The van der Waals surface area contributed by atoms with Gasteiger partial charge in [0, 0.05) is 10.9 Å². The van der Waals surface area contributed by atoms with Crippen LogP contribution in [0.2, 0.25) is 5.02 Å². The van der Waals surface area contributed by atoms with Gasteiger partial charge in [-0.25, -0.2) is 4.79 Å². The second-order valence-corrected chi connectivity index (χ2v) is 5.84. The number of halogens is 1. The summed E-state index contributed by atoms with van der Waals surface area (Å²) in [7, 11) is 1.29. The van der Waals surface area contributed by atoms with Gasteiger partial charge in [-0.2, -0.15) is 5.26 Å². The minimum absolute atomic E-state index is 0.00571. The minimum atomic E-state index is -0.669. The number of nitrogens with two attached hydrogens (primary N) is 1. The summed E-state index contributed by atoms with van der Waals surface area (Å²) in [5.41, 5.74) is 7.02. The van der Waals surface area contributed by atoms with E-state index in [1.54, 1.807) is 24.3 Å². The molecule has 0 saturated carbocycles. The average Bonchev–Trinajstić information content (AvgIpc) is 2.52. The van der Waals surface area contributed by atoms with Crippen molar-refractivity contribution in [3.63, 3.8) is 0 Å². The van der Waals surface area contributed by atoms with Crippen molar-refractivity contribution >= 4 is 17.6 Å². The standard InChI is InChI=1S/C17H17ClN2O3/c1-9(2)15-14(17(21)22-3)13(12(8-19)16(20)23-15)10-5-4-6-11(18)7-10/h4-7,9,13H,20H2,1-3H3. The molecule has 0 spiro atoms. The van der Waals surface area contributed by atoms with Gasteiger partial charge in [-0.1, -0.05) is 37.6 Å². The maximum absolute atomic E-state index is 12.4. The van der Waals surface area contributed by atoms with Crippen LogP contribution >= 0.6 is 11.6 Å². The van der Waals surface area contributed by atoms with Crippen LogP contribution in [0.25, 0.3) is 0 Å². The van der Waals surface area contributed by atoms with E-state index in [1.807, 2.05) is 19.9 Å². The summed E-state index contributed by atoms with van der Waals surface area (Å²) in [5.74, 6) is -0.937. The Morgan fingerprint density at radius 2 is 2.17 bits per heavy atom. The van der Waals surface area contributed by atoms with Crippen molar-refractivity contribution < 1.29 is 14.3 Å². The van der Waals surface area contributed by atoms with Crippen molar-refractivity contribution in [1.29, 1.82) is 5.26 Å². The van der Waals surface area contributed by atoms with Crippen LogP contribution in [0.5, 0.6) is 0 Å². The maximum Gasteiger partial charge on any atom is 0.338 e. The van der Waals surface area contributed by atoms with Crippen molar-refractivity contribution in [2.45, 2.75) is 19.8 Å². The first kappa shape index (κ1) is 16.9. The molecule has 0 saturated heterocycles. The number of esters is 1. The highest BCUT2D eigenvalue weighted by Crippen LogP contribution is 2.41. The van der Waals surface area contributed by atoms with Crippen LogP contribution < -0.4 is 5.73 Å². The molecule has 0 aliphatic carbocycles. The van der Waals surface area contributed by atoms with E-state index in [2.05, 4.69) is 0 Å².